The van der Waals surface area contributed by atoms with Crippen molar-refractivity contribution in [3.05, 3.63) is 5.28 Å². The zero-order valence-electron chi connectivity index (χ0n) is 31.0. The molecule has 0 bridgehead atoms. The van der Waals surface area contributed by atoms with Gasteiger partial charge in [0.1, 0.15) is 0 Å². The number of hydrogen-bond acceptors (Lipinski definition) is 7. The van der Waals surface area contributed by atoms with Crippen LogP contribution in [-0.4, -0.2) is 66.3 Å². The molecule has 0 aromatic carbocycles. The molecule has 2 fully saturated rings. The highest BCUT2D eigenvalue weighted by Gasteiger charge is 2.34. The minimum absolute atomic E-state index is 0.136. The molecular weight excluding hydrogens is 578 g/mol. The summed E-state index contributed by atoms with van der Waals surface area (Å²) in [6.07, 6.45) is 14.2. The monoisotopic (exact) mass is 648 g/mol. The first-order valence-electron chi connectivity index (χ1n) is 18.4. The summed E-state index contributed by atoms with van der Waals surface area (Å²) in [5.41, 5.74) is 1.08. The molecular formula is C37H70ClN7. The lowest BCUT2D eigenvalue weighted by atomic mass is 9.80. The Kier molecular flexibility index (Phi) is 14.3. The van der Waals surface area contributed by atoms with Crippen LogP contribution in [0.25, 0.3) is 0 Å². The van der Waals surface area contributed by atoms with E-state index in [0.717, 1.165) is 76.8 Å². The van der Waals surface area contributed by atoms with Gasteiger partial charge in [0.05, 0.1) is 0 Å². The van der Waals surface area contributed by atoms with Crippen LogP contribution in [0.1, 0.15) is 146 Å². The Hall–Kier alpha value is -1.18. The molecule has 0 atom stereocenters. The molecule has 0 radical (unpaired) electrons. The molecule has 2 saturated heterocycles. The largest absolute Gasteiger partial charge is 0.337 e. The van der Waals surface area contributed by atoms with Crippen molar-refractivity contribution < 1.29 is 0 Å². The second kappa shape index (κ2) is 16.8. The van der Waals surface area contributed by atoms with E-state index >= 15 is 0 Å². The van der Waals surface area contributed by atoms with E-state index in [2.05, 4.69) is 89.7 Å². The van der Waals surface area contributed by atoms with Gasteiger partial charge >= 0.3 is 0 Å². The molecule has 2 N–H and O–H groups in total. The number of nitrogens with one attached hydrogen (secondary N) is 2. The maximum atomic E-state index is 6.82. The number of hydrogen-bond donors (Lipinski definition) is 2. The SMILES string of the molecule is CCC(C)(C)CCCC(C)(C)CN(c1nc(Cl)nc(N(CC(C)(C)CCCC(C)(C)CC)C2CCNCC2)n1)C1CCNCC1. The normalized spacial score (nSPS) is 17.9. The maximum absolute atomic E-state index is 6.82. The standard InChI is InChI=1S/C37H70ClN7/c1-11-34(3,4)19-13-21-36(7,8)27-44(29-15-23-39-24-16-29)32-41-31(38)42-33(43-32)45(30-17-25-40-26-18-30)28-37(9,10)22-14-20-35(5,6)12-2/h29-30,39-40H,11-28H2,1-10H3. The van der Waals surface area contributed by atoms with Crippen LogP contribution in [0.15, 0.2) is 0 Å². The molecule has 0 spiro atoms. The minimum Gasteiger partial charge on any atom is -0.337 e. The molecule has 260 valence electrons. The van der Waals surface area contributed by atoms with Crippen molar-refractivity contribution in [3.8, 4) is 0 Å². The van der Waals surface area contributed by atoms with Crippen molar-refractivity contribution >= 4 is 23.5 Å². The van der Waals surface area contributed by atoms with Crippen LogP contribution in [-0.2, 0) is 0 Å². The van der Waals surface area contributed by atoms with Crippen LogP contribution < -0.4 is 20.4 Å². The van der Waals surface area contributed by atoms with Crippen molar-refractivity contribution in [2.75, 3.05) is 49.1 Å². The van der Waals surface area contributed by atoms with Gasteiger partial charge < -0.3 is 20.4 Å². The average Bonchev–Trinajstić information content (AvgIpc) is 2.99. The summed E-state index contributed by atoms with van der Waals surface area (Å²) in [7, 11) is 0. The van der Waals surface area contributed by atoms with Crippen LogP contribution in [0.2, 0.25) is 5.28 Å². The van der Waals surface area contributed by atoms with E-state index in [-0.39, 0.29) is 10.8 Å². The summed E-state index contributed by atoms with van der Waals surface area (Å²) in [5.74, 6) is 1.53. The third kappa shape index (κ3) is 12.7. The second-order valence-corrected chi connectivity index (χ2v) is 17.8. The molecule has 0 aliphatic carbocycles. The molecule has 3 heterocycles. The van der Waals surface area contributed by atoms with Gasteiger partial charge in [-0.25, -0.2) is 0 Å². The zero-order valence-corrected chi connectivity index (χ0v) is 31.8. The molecule has 3 rings (SSSR count). The Morgan fingerprint density at radius 1 is 0.578 bits per heavy atom. The van der Waals surface area contributed by atoms with Crippen LogP contribution in [0.3, 0.4) is 0 Å². The first-order valence-corrected chi connectivity index (χ1v) is 18.8. The summed E-state index contributed by atoms with van der Waals surface area (Å²) in [6, 6.07) is 0.796. The molecule has 1 aromatic heterocycles. The molecule has 2 aliphatic heterocycles. The van der Waals surface area contributed by atoms with Gasteiger partial charge in [-0.2, -0.15) is 15.0 Å². The smallest absolute Gasteiger partial charge is 0.231 e. The van der Waals surface area contributed by atoms with Crippen molar-refractivity contribution in [2.24, 2.45) is 21.7 Å². The number of piperidine rings is 2. The molecule has 0 unspecified atom stereocenters. The molecule has 7 nitrogen and oxygen atoms in total. The van der Waals surface area contributed by atoms with Crippen LogP contribution in [0, 0.1) is 21.7 Å². The van der Waals surface area contributed by atoms with Crippen molar-refractivity contribution in [1.29, 1.82) is 0 Å². The predicted octanol–water partition coefficient (Wildman–Crippen LogP) is 8.91. The lowest BCUT2D eigenvalue weighted by Crippen LogP contribution is -2.49. The topological polar surface area (TPSA) is 69.2 Å². The Morgan fingerprint density at radius 3 is 1.24 bits per heavy atom. The summed E-state index contributed by atoms with van der Waals surface area (Å²) >= 11 is 6.82. The second-order valence-electron chi connectivity index (χ2n) is 17.5. The Balaban J connectivity index is 1.90. The van der Waals surface area contributed by atoms with Gasteiger partial charge in [-0.1, -0.05) is 94.9 Å². The number of halogens is 1. The fourth-order valence-electron chi connectivity index (χ4n) is 7.07. The Bertz CT molecular complexity index is 936. The van der Waals surface area contributed by atoms with Crippen LogP contribution in [0.5, 0.6) is 0 Å². The highest BCUT2D eigenvalue weighted by molar-refractivity contribution is 6.28. The highest BCUT2D eigenvalue weighted by Crippen LogP contribution is 2.36. The number of aromatic nitrogens is 3. The summed E-state index contributed by atoms with van der Waals surface area (Å²) in [5, 5.41) is 7.44. The summed E-state index contributed by atoms with van der Waals surface area (Å²) in [6.45, 7) is 29.9. The molecule has 1 aromatic rings. The van der Waals surface area contributed by atoms with E-state index < -0.39 is 0 Å². The molecule has 0 amide bonds. The third-order valence-corrected chi connectivity index (χ3v) is 11.3. The average molecular weight is 648 g/mol. The van der Waals surface area contributed by atoms with E-state index in [9.17, 15) is 0 Å². The number of rotatable bonds is 18. The highest BCUT2D eigenvalue weighted by atomic mass is 35.5. The summed E-state index contributed by atoms with van der Waals surface area (Å²) in [4.78, 5) is 20.0. The number of nitrogens with zero attached hydrogens (tertiary/aromatic N) is 5. The quantitative estimate of drug-likeness (QED) is 0.165. The van der Waals surface area contributed by atoms with Crippen LogP contribution >= 0.6 is 11.6 Å². The van der Waals surface area contributed by atoms with E-state index in [1.54, 1.807) is 0 Å². The van der Waals surface area contributed by atoms with Gasteiger partial charge in [-0.3, -0.25) is 0 Å². The van der Waals surface area contributed by atoms with E-state index in [0.29, 0.717) is 28.2 Å². The Labute approximate surface area is 282 Å². The maximum Gasteiger partial charge on any atom is 0.231 e. The lowest BCUT2D eigenvalue weighted by molar-refractivity contribution is 0.253. The minimum atomic E-state index is 0.136. The van der Waals surface area contributed by atoms with Crippen molar-refractivity contribution in [2.45, 2.75) is 158 Å². The fourth-order valence-corrected chi connectivity index (χ4v) is 7.23. The first-order chi connectivity index (χ1) is 21.1. The van der Waals surface area contributed by atoms with Gasteiger partial charge in [-0.05, 0) is 111 Å². The van der Waals surface area contributed by atoms with Crippen LogP contribution in [0.4, 0.5) is 11.9 Å². The van der Waals surface area contributed by atoms with E-state index in [1.807, 2.05) is 0 Å². The number of anilines is 2. The third-order valence-electron chi connectivity index (χ3n) is 11.1. The molecule has 45 heavy (non-hydrogen) atoms. The fraction of sp³-hybridized carbons (Fsp3) is 0.919. The zero-order chi connectivity index (χ0) is 33.3. The van der Waals surface area contributed by atoms with Gasteiger partial charge in [0, 0.05) is 25.2 Å². The molecule has 2 aliphatic rings. The van der Waals surface area contributed by atoms with Gasteiger partial charge in [-0.15, -0.1) is 0 Å². The molecule has 0 saturated carbocycles. The Morgan fingerprint density at radius 2 is 0.911 bits per heavy atom. The van der Waals surface area contributed by atoms with Crippen molar-refractivity contribution in [1.82, 2.24) is 25.6 Å². The van der Waals surface area contributed by atoms with Gasteiger partial charge in [0.2, 0.25) is 17.2 Å². The summed E-state index contributed by atoms with van der Waals surface area (Å²) < 4.78 is 0. The van der Waals surface area contributed by atoms with E-state index in [1.165, 1.54) is 51.4 Å². The van der Waals surface area contributed by atoms with E-state index in [4.69, 9.17) is 26.6 Å². The first kappa shape index (κ1) is 38.3. The molecule has 8 heteroatoms. The predicted molar refractivity (Wildman–Crippen MR) is 195 cm³/mol. The lowest BCUT2D eigenvalue weighted by Gasteiger charge is -2.42. The van der Waals surface area contributed by atoms with Crippen molar-refractivity contribution in [3.63, 3.8) is 0 Å². The van der Waals surface area contributed by atoms with Gasteiger partial charge in [0.25, 0.3) is 0 Å². The van der Waals surface area contributed by atoms with Gasteiger partial charge in [0.15, 0.2) is 0 Å².